The van der Waals surface area contributed by atoms with Crippen molar-refractivity contribution >= 4 is 12.0 Å². The molecule has 3 heterocycles. The molecule has 0 saturated carbocycles. The number of carbonyl (C=O) groups excluding carboxylic acids is 2. The van der Waals surface area contributed by atoms with Crippen LogP contribution < -0.4 is 5.32 Å². The Morgan fingerprint density at radius 2 is 2.19 bits per heavy atom. The summed E-state index contributed by atoms with van der Waals surface area (Å²) in [6.45, 7) is 7.09. The van der Waals surface area contributed by atoms with Crippen LogP contribution in [-0.2, 0) is 11.8 Å². The SMILES string of the molecule is CCOC(=O)NC1CCCN(C(=O)c2cc(-c3c(C)nn(C)c3C)n[nH]2)C1. The quantitative estimate of drug-likeness (QED) is 0.849. The molecule has 2 N–H and O–H groups in total. The molecular formula is C18H26N6O3. The van der Waals surface area contributed by atoms with Crippen LogP contribution in [0.5, 0.6) is 0 Å². The Hall–Kier alpha value is -2.84. The fraction of sp³-hybridized carbons (Fsp3) is 0.556. The van der Waals surface area contributed by atoms with E-state index in [1.807, 2.05) is 20.9 Å². The summed E-state index contributed by atoms with van der Waals surface area (Å²) in [5.41, 5.74) is 3.95. The number of hydrogen-bond acceptors (Lipinski definition) is 5. The molecule has 0 bridgehead atoms. The van der Waals surface area contributed by atoms with Crippen molar-refractivity contribution in [3.8, 4) is 11.3 Å². The lowest BCUT2D eigenvalue weighted by molar-refractivity contribution is 0.0680. The summed E-state index contributed by atoms with van der Waals surface area (Å²) >= 11 is 0. The van der Waals surface area contributed by atoms with Crippen LogP contribution in [0.1, 0.15) is 41.6 Å². The fourth-order valence-electron chi connectivity index (χ4n) is 3.49. The minimum Gasteiger partial charge on any atom is -0.450 e. The number of nitrogens with zero attached hydrogens (tertiary/aromatic N) is 4. The molecule has 2 aromatic rings. The first-order valence-electron chi connectivity index (χ1n) is 9.19. The third-order valence-corrected chi connectivity index (χ3v) is 4.88. The number of amides is 2. The average Bonchev–Trinajstić information content (AvgIpc) is 3.19. The second-order valence-corrected chi connectivity index (χ2v) is 6.79. The fourth-order valence-corrected chi connectivity index (χ4v) is 3.49. The molecule has 9 nitrogen and oxygen atoms in total. The maximum atomic E-state index is 12.9. The van der Waals surface area contributed by atoms with Crippen LogP contribution in [0.15, 0.2) is 6.07 Å². The molecule has 9 heteroatoms. The first-order valence-corrected chi connectivity index (χ1v) is 9.19. The maximum absolute atomic E-state index is 12.9. The summed E-state index contributed by atoms with van der Waals surface area (Å²) in [7, 11) is 1.88. The van der Waals surface area contributed by atoms with Crippen molar-refractivity contribution in [1.29, 1.82) is 0 Å². The van der Waals surface area contributed by atoms with Gasteiger partial charge in [0, 0.05) is 37.4 Å². The number of aryl methyl sites for hydroxylation is 2. The van der Waals surface area contributed by atoms with Crippen LogP contribution >= 0.6 is 0 Å². The van der Waals surface area contributed by atoms with Crippen LogP contribution in [0, 0.1) is 13.8 Å². The van der Waals surface area contributed by atoms with Gasteiger partial charge >= 0.3 is 6.09 Å². The van der Waals surface area contributed by atoms with E-state index < -0.39 is 6.09 Å². The highest BCUT2D eigenvalue weighted by atomic mass is 16.5. The topological polar surface area (TPSA) is 105 Å². The molecule has 3 rings (SSSR count). The number of aromatic amines is 1. The van der Waals surface area contributed by atoms with Crippen molar-refractivity contribution in [3.05, 3.63) is 23.1 Å². The highest BCUT2D eigenvalue weighted by Crippen LogP contribution is 2.25. The molecule has 146 valence electrons. The van der Waals surface area contributed by atoms with E-state index in [-0.39, 0.29) is 11.9 Å². The van der Waals surface area contributed by atoms with Gasteiger partial charge in [0.05, 0.1) is 18.0 Å². The zero-order chi connectivity index (χ0) is 19.6. The molecule has 0 aliphatic carbocycles. The second-order valence-electron chi connectivity index (χ2n) is 6.79. The van der Waals surface area contributed by atoms with Gasteiger partial charge in [0.1, 0.15) is 5.69 Å². The zero-order valence-electron chi connectivity index (χ0n) is 16.2. The van der Waals surface area contributed by atoms with Gasteiger partial charge < -0.3 is 15.0 Å². The van der Waals surface area contributed by atoms with Gasteiger partial charge in [0.2, 0.25) is 0 Å². The largest absolute Gasteiger partial charge is 0.450 e. The van der Waals surface area contributed by atoms with Crippen molar-refractivity contribution in [2.75, 3.05) is 19.7 Å². The number of carbonyl (C=O) groups is 2. The minimum atomic E-state index is -0.442. The zero-order valence-corrected chi connectivity index (χ0v) is 16.2. The highest BCUT2D eigenvalue weighted by Gasteiger charge is 2.27. The van der Waals surface area contributed by atoms with Crippen molar-refractivity contribution < 1.29 is 14.3 Å². The van der Waals surface area contributed by atoms with E-state index in [9.17, 15) is 9.59 Å². The Kier molecular flexibility index (Phi) is 5.48. The average molecular weight is 374 g/mol. The number of hydrogen-bond donors (Lipinski definition) is 2. The molecule has 27 heavy (non-hydrogen) atoms. The maximum Gasteiger partial charge on any atom is 0.407 e. The van der Waals surface area contributed by atoms with Crippen LogP contribution in [0.25, 0.3) is 11.3 Å². The van der Waals surface area contributed by atoms with Gasteiger partial charge in [-0.1, -0.05) is 0 Å². The van der Waals surface area contributed by atoms with E-state index in [1.165, 1.54) is 0 Å². The van der Waals surface area contributed by atoms with Crippen LogP contribution in [0.3, 0.4) is 0 Å². The van der Waals surface area contributed by atoms with Crippen molar-refractivity contribution in [2.24, 2.45) is 7.05 Å². The number of rotatable bonds is 4. The standard InChI is InChI=1S/C18H26N6O3/c1-5-27-18(26)19-13-7-6-8-24(10-13)17(25)15-9-14(20-21-15)16-11(2)22-23(4)12(16)3/h9,13H,5-8,10H2,1-4H3,(H,19,26)(H,20,21). The Balaban J connectivity index is 1.71. The lowest BCUT2D eigenvalue weighted by Crippen LogP contribution is -2.49. The van der Waals surface area contributed by atoms with E-state index in [0.717, 1.165) is 29.8 Å². The van der Waals surface area contributed by atoms with Gasteiger partial charge in [-0.3, -0.25) is 14.6 Å². The molecule has 0 radical (unpaired) electrons. The second kappa shape index (κ2) is 7.81. The first kappa shape index (κ1) is 18.9. The summed E-state index contributed by atoms with van der Waals surface area (Å²) in [4.78, 5) is 26.2. The normalized spacial score (nSPS) is 17.0. The number of likely N-dealkylation sites (tertiary alicyclic amines) is 1. The number of aromatic nitrogens is 4. The Labute approximate surface area is 158 Å². The molecule has 1 fully saturated rings. The van der Waals surface area contributed by atoms with Gasteiger partial charge in [-0.15, -0.1) is 0 Å². The first-order chi connectivity index (χ1) is 12.9. The molecule has 1 aliphatic rings. The lowest BCUT2D eigenvalue weighted by atomic mass is 10.1. The Bertz CT molecular complexity index is 840. The molecule has 0 aromatic carbocycles. The summed E-state index contributed by atoms with van der Waals surface area (Å²) in [5, 5.41) is 14.4. The molecule has 1 atom stereocenters. The van der Waals surface area contributed by atoms with Gasteiger partial charge in [-0.2, -0.15) is 10.2 Å². The van der Waals surface area contributed by atoms with Crippen LogP contribution in [0.2, 0.25) is 0 Å². The third kappa shape index (κ3) is 3.96. The minimum absolute atomic E-state index is 0.105. The highest BCUT2D eigenvalue weighted by molar-refractivity contribution is 5.93. The number of ether oxygens (including phenoxy) is 1. The number of alkyl carbamates (subject to hydrolysis) is 1. The van der Waals surface area contributed by atoms with Crippen LogP contribution in [-0.4, -0.2) is 62.6 Å². The van der Waals surface area contributed by atoms with Gasteiger partial charge in [0.15, 0.2) is 0 Å². The molecule has 2 amide bonds. The van der Waals surface area contributed by atoms with Gasteiger partial charge in [0.25, 0.3) is 5.91 Å². The van der Waals surface area contributed by atoms with Crippen molar-refractivity contribution in [3.63, 3.8) is 0 Å². The lowest BCUT2D eigenvalue weighted by Gasteiger charge is -2.32. The number of H-pyrrole nitrogens is 1. The molecule has 0 spiro atoms. The Morgan fingerprint density at radius 1 is 1.41 bits per heavy atom. The predicted octanol–water partition coefficient (Wildman–Crippen LogP) is 1.78. The smallest absolute Gasteiger partial charge is 0.407 e. The molecule has 2 aromatic heterocycles. The summed E-state index contributed by atoms with van der Waals surface area (Å²) in [5.74, 6) is -0.122. The Morgan fingerprint density at radius 3 is 2.85 bits per heavy atom. The van der Waals surface area contributed by atoms with E-state index >= 15 is 0 Å². The monoisotopic (exact) mass is 374 g/mol. The number of nitrogens with one attached hydrogen (secondary N) is 2. The van der Waals surface area contributed by atoms with E-state index in [0.29, 0.717) is 31.1 Å². The van der Waals surface area contributed by atoms with E-state index in [4.69, 9.17) is 4.74 Å². The third-order valence-electron chi connectivity index (χ3n) is 4.88. The molecule has 1 saturated heterocycles. The van der Waals surface area contributed by atoms with Crippen LogP contribution in [0.4, 0.5) is 4.79 Å². The van der Waals surface area contributed by atoms with Crippen molar-refractivity contribution in [2.45, 2.75) is 39.7 Å². The van der Waals surface area contributed by atoms with Crippen molar-refractivity contribution in [1.82, 2.24) is 30.2 Å². The predicted molar refractivity (Wildman–Crippen MR) is 99.3 cm³/mol. The molecule has 1 unspecified atom stereocenters. The van der Waals surface area contributed by atoms with E-state index in [2.05, 4.69) is 20.6 Å². The summed E-state index contributed by atoms with van der Waals surface area (Å²) < 4.78 is 6.73. The molecule has 1 aliphatic heterocycles. The van der Waals surface area contributed by atoms with Gasteiger partial charge in [-0.25, -0.2) is 4.79 Å². The van der Waals surface area contributed by atoms with E-state index in [1.54, 1.807) is 22.6 Å². The van der Waals surface area contributed by atoms with Gasteiger partial charge in [-0.05, 0) is 39.7 Å². The molecular weight excluding hydrogens is 348 g/mol. The summed E-state index contributed by atoms with van der Waals surface area (Å²) in [6.07, 6.45) is 1.21. The number of piperidine rings is 1. The summed E-state index contributed by atoms with van der Waals surface area (Å²) in [6, 6.07) is 1.66.